The summed E-state index contributed by atoms with van der Waals surface area (Å²) in [7, 11) is 0. The number of halogens is 1. The summed E-state index contributed by atoms with van der Waals surface area (Å²) in [5.74, 6) is 0.886. The van der Waals surface area contributed by atoms with Gasteiger partial charge in [-0.15, -0.1) is 10.2 Å². The van der Waals surface area contributed by atoms with Gasteiger partial charge in [0, 0.05) is 35.3 Å². The molecule has 9 nitrogen and oxygen atoms in total. The van der Waals surface area contributed by atoms with Crippen molar-refractivity contribution in [3.8, 4) is 28.4 Å². The Morgan fingerprint density at radius 3 is 2.64 bits per heavy atom. The molecule has 2 N–H and O–H groups in total. The van der Waals surface area contributed by atoms with Crippen LogP contribution >= 0.6 is 11.6 Å². The fourth-order valence-electron chi connectivity index (χ4n) is 3.79. The van der Waals surface area contributed by atoms with Gasteiger partial charge in [-0.05, 0) is 60.4 Å². The largest absolute Gasteiger partial charge is 0.478 e. The first kappa shape index (κ1) is 21.0. The van der Waals surface area contributed by atoms with E-state index in [1.807, 2.05) is 43.3 Å². The van der Waals surface area contributed by atoms with Gasteiger partial charge in [-0.1, -0.05) is 23.7 Å². The molecule has 1 aliphatic rings. The number of carbonyl (C=O) groups is 1. The van der Waals surface area contributed by atoms with Gasteiger partial charge in [0.15, 0.2) is 0 Å². The van der Waals surface area contributed by atoms with E-state index >= 15 is 0 Å². The van der Waals surface area contributed by atoms with Gasteiger partial charge >= 0.3 is 0 Å². The third-order valence-electron chi connectivity index (χ3n) is 5.67. The Hall–Kier alpha value is -3.85. The third-order valence-corrected chi connectivity index (χ3v) is 5.89. The van der Waals surface area contributed by atoms with E-state index in [-0.39, 0.29) is 5.91 Å². The van der Waals surface area contributed by atoms with Crippen LogP contribution in [0, 0.1) is 0 Å². The first-order valence-electron chi connectivity index (χ1n) is 10.5. The van der Waals surface area contributed by atoms with Gasteiger partial charge in [0.1, 0.15) is 5.15 Å². The number of aromatic amines is 1. The maximum atomic E-state index is 13.2. The molecule has 33 heavy (non-hydrogen) atoms. The molecule has 1 aromatic carbocycles. The molecule has 0 radical (unpaired) electrons. The van der Waals surface area contributed by atoms with Crippen molar-refractivity contribution in [1.82, 2.24) is 30.6 Å². The van der Waals surface area contributed by atoms with Crippen molar-refractivity contribution in [3.63, 3.8) is 0 Å². The van der Waals surface area contributed by atoms with Crippen LogP contribution in [0.1, 0.15) is 25.3 Å². The Morgan fingerprint density at radius 1 is 1.12 bits per heavy atom. The lowest BCUT2D eigenvalue weighted by Gasteiger charge is -2.17. The lowest BCUT2D eigenvalue weighted by Crippen LogP contribution is -2.28. The average molecular weight is 462 g/mol. The van der Waals surface area contributed by atoms with Crippen LogP contribution in [0.25, 0.3) is 22.5 Å². The Bertz CT molecular complexity index is 1270. The van der Waals surface area contributed by atoms with Crippen LogP contribution in [0.15, 0.2) is 54.9 Å². The highest BCUT2D eigenvalue weighted by Gasteiger charge is 2.51. The Balaban J connectivity index is 1.45. The zero-order chi connectivity index (χ0) is 22.8. The number of anilines is 1. The smallest absolute Gasteiger partial charge is 0.235 e. The molecule has 1 aliphatic carbocycles. The second-order valence-electron chi connectivity index (χ2n) is 7.72. The number of amides is 1. The first-order chi connectivity index (χ1) is 16.1. The molecule has 5 rings (SSSR count). The van der Waals surface area contributed by atoms with E-state index in [0.717, 1.165) is 29.5 Å². The highest BCUT2D eigenvalue weighted by Crippen LogP contribution is 2.49. The molecule has 0 bridgehead atoms. The number of aromatic nitrogens is 6. The monoisotopic (exact) mass is 461 g/mol. The number of pyridine rings is 2. The summed E-state index contributed by atoms with van der Waals surface area (Å²) in [6.07, 6.45) is 4.92. The molecule has 1 fully saturated rings. The Kier molecular flexibility index (Phi) is 5.47. The molecule has 166 valence electrons. The van der Waals surface area contributed by atoms with Crippen LogP contribution in [0.2, 0.25) is 5.15 Å². The molecule has 0 spiro atoms. The molecule has 1 amide bonds. The summed E-state index contributed by atoms with van der Waals surface area (Å²) < 4.78 is 5.43. The highest BCUT2D eigenvalue weighted by molar-refractivity contribution is 6.29. The van der Waals surface area contributed by atoms with Gasteiger partial charge < -0.3 is 10.1 Å². The highest BCUT2D eigenvalue weighted by atomic mass is 35.5. The zero-order valence-electron chi connectivity index (χ0n) is 17.7. The predicted octanol–water partition coefficient (Wildman–Crippen LogP) is 4.05. The van der Waals surface area contributed by atoms with Gasteiger partial charge in [0.05, 0.1) is 12.0 Å². The summed E-state index contributed by atoms with van der Waals surface area (Å²) in [6.45, 7) is 2.45. The van der Waals surface area contributed by atoms with Gasteiger partial charge in [0.2, 0.25) is 17.6 Å². The summed E-state index contributed by atoms with van der Waals surface area (Å²) in [6, 6.07) is 12.9. The van der Waals surface area contributed by atoms with E-state index in [2.05, 4.69) is 35.9 Å². The second-order valence-corrected chi connectivity index (χ2v) is 8.11. The van der Waals surface area contributed by atoms with Gasteiger partial charge in [0.25, 0.3) is 0 Å². The standard InChI is InChI=1S/C23H20ClN7O2/c1-2-33-20-8-3-14(12-26-20)17-6-5-16(11-18(17)21-28-30-31-29-21)27-22(32)23(9-10-23)15-4-7-19(24)25-13-15/h3-8,11-13H,2,9-10H2,1H3,(H,27,32)(H,28,29,30,31). The molecule has 10 heteroatoms. The number of ether oxygens (including phenoxy) is 1. The van der Waals surface area contributed by atoms with E-state index in [0.29, 0.717) is 34.7 Å². The van der Waals surface area contributed by atoms with Crippen LogP contribution in [0.5, 0.6) is 5.88 Å². The maximum absolute atomic E-state index is 13.2. The second kappa shape index (κ2) is 8.59. The number of benzene rings is 1. The molecule has 3 aromatic heterocycles. The summed E-state index contributed by atoms with van der Waals surface area (Å²) in [4.78, 5) is 21.7. The molecule has 3 heterocycles. The number of hydrogen-bond acceptors (Lipinski definition) is 7. The van der Waals surface area contributed by atoms with Crippen molar-refractivity contribution in [3.05, 3.63) is 65.6 Å². The normalized spacial score (nSPS) is 14.0. The number of nitrogens with one attached hydrogen (secondary N) is 2. The maximum Gasteiger partial charge on any atom is 0.235 e. The van der Waals surface area contributed by atoms with Gasteiger partial charge in [-0.25, -0.2) is 9.97 Å². The fraction of sp³-hybridized carbons (Fsp3) is 0.217. The number of hydrogen-bond donors (Lipinski definition) is 2. The lowest BCUT2D eigenvalue weighted by molar-refractivity contribution is -0.118. The van der Waals surface area contributed by atoms with Gasteiger partial charge in [-0.3, -0.25) is 4.79 Å². The number of carbonyl (C=O) groups excluding carboxylic acids is 1. The van der Waals surface area contributed by atoms with Crippen molar-refractivity contribution in [2.75, 3.05) is 11.9 Å². The predicted molar refractivity (Wildman–Crippen MR) is 123 cm³/mol. The molecular formula is C23H20ClN7O2. The number of tetrazole rings is 1. The average Bonchev–Trinajstić information content (AvgIpc) is 3.46. The number of nitrogens with zero attached hydrogens (tertiary/aromatic N) is 5. The van der Waals surface area contributed by atoms with Crippen molar-refractivity contribution in [2.24, 2.45) is 0 Å². The molecule has 0 aliphatic heterocycles. The van der Waals surface area contributed by atoms with Crippen molar-refractivity contribution >= 4 is 23.2 Å². The lowest BCUT2D eigenvalue weighted by atomic mass is 9.96. The van der Waals surface area contributed by atoms with Crippen molar-refractivity contribution in [1.29, 1.82) is 0 Å². The van der Waals surface area contributed by atoms with Crippen LogP contribution in [0.4, 0.5) is 5.69 Å². The Morgan fingerprint density at radius 2 is 2.00 bits per heavy atom. The molecule has 0 unspecified atom stereocenters. The summed E-state index contributed by atoms with van der Waals surface area (Å²) >= 11 is 5.90. The van der Waals surface area contributed by atoms with Crippen LogP contribution < -0.4 is 10.1 Å². The van der Waals surface area contributed by atoms with Crippen LogP contribution in [0.3, 0.4) is 0 Å². The minimum Gasteiger partial charge on any atom is -0.478 e. The fourth-order valence-corrected chi connectivity index (χ4v) is 3.90. The molecule has 4 aromatic rings. The van der Waals surface area contributed by atoms with Crippen LogP contribution in [-0.4, -0.2) is 43.1 Å². The molecule has 1 saturated carbocycles. The Labute approximate surface area is 194 Å². The molecule has 0 atom stereocenters. The minimum absolute atomic E-state index is 0.0823. The quantitative estimate of drug-likeness (QED) is 0.398. The summed E-state index contributed by atoms with van der Waals surface area (Å²) in [5, 5.41) is 17.9. The van der Waals surface area contributed by atoms with Crippen molar-refractivity contribution in [2.45, 2.75) is 25.2 Å². The van der Waals surface area contributed by atoms with E-state index in [9.17, 15) is 4.79 Å². The SMILES string of the molecule is CCOc1ccc(-c2ccc(NC(=O)C3(c4ccc(Cl)nc4)CC3)cc2-c2nn[nH]n2)cn1. The third kappa shape index (κ3) is 4.14. The van der Waals surface area contributed by atoms with E-state index in [4.69, 9.17) is 16.3 Å². The van der Waals surface area contributed by atoms with E-state index < -0.39 is 5.41 Å². The topological polar surface area (TPSA) is 119 Å². The first-order valence-corrected chi connectivity index (χ1v) is 10.9. The summed E-state index contributed by atoms with van der Waals surface area (Å²) in [5.41, 5.74) is 3.35. The van der Waals surface area contributed by atoms with Gasteiger partial charge in [-0.2, -0.15) is 5.21 Å². The number of H-pyrrole nitrogens is 1. The van der Waals surface area contributed by atoms with E-state index in [1.165, 1.54) is 0 Å². The van der Waals surface area contributed by atoms with Crippen molar-refractivity contribution < 1.29 is 9.53 Å². The minimum atomic E-state index is -0.582. The molecular weight excluding hydrogens is 442 g/mol. The zero-order valence-corrected chi connectivity index (χ0v) is 18.5. The van der Waals surface area contributed by atoms with E-state index in [1.54, 1.807) is 18.5 Å². The number of rotatable bonds is 7. The molecule has 0 saturated heterocycles. The van der Waals surface area contributed by atoms with Crippen LogP contribution in [-0.2, 0) is 10.2 Å².